The van der Waals surface area contributed by atoms with E-state index in [1.165, 1.54) is 19.2 Å². The zero-order valence-electron chi connectivity index (χ0n) is 15.8. The van der Waals surface area contributed by atoms with Crippen LogP contribution in [-0.2, 0) is 11.8 Å². The molecule has 0 saturated carbocycles. The third kappa shape index (κ3) is 3.03. The fourth-order valence-corrected chi connectivity index (χ4v) is 4.13. The quantitative estimate of drug-likeness (QED) is 0.520. The fraction of sp³-hybridized carbons (Fsp3) is 0.286. The smallest absolute Gasteiger partial charge is 0.339 e. The number of hydrogen-bond acceptors (Lipinski definition) is 4. The number of ether oxygens (including phenoxy) is 1. The van der Waals surface area contributed by atoms with Crippen LogP contribution in [0.5, 0.6) is 0 Å². The summed E-state index contributed by atoms with van der Waals surface area (Å²) in [7, 11) is 2.99. The maximum absolute atomic E-state index is 13.3. The first-order valence-corrected chi connectivity index (χ1v) is 9.40. The molecule has 2 aromatic rings. The summed E-state index contributed by atoms with van der Waals surface area (Å²) >= 11 is 12.6. The van der Waals surface area contributed by atoms with Crippen LogP contribution in [0.1, 0.15) is 57.4 Å². The highest BCUT2D eigenvalue weighted by molar-refractivity contribution is 6.42. The lowest BCUT2D eigenvalue weighted by Gasteiger charge is -2.24. The highest BCUT2D eigenvalue weighted by Crippen LogP contribution is 2.40. The normalized spacial score (nSPS) is 18.1. The summed E-state index contributed by atoms with van der Waals surface area (Å²) in [6.07, 6.45) is 1.81. The molecule has 0 amide bonds. The number of carbonyl (C=O) groups is 2. The summed E-state index contributed by atoms with van der Waals surface area (Å²) in [5.74, 6) is -0.914. The van der Waals surface area contributed by atoms with Crippen molar-refractivity contribution in [1.82, 2.24) is 4.57 Å². The van der Waals surface area contributed by atoms with E-state index in [0.717, 1.165) is 11.3 Å². The lowest BCUT2D eigenvalue weighted by molar-refractivity contribution is 0.0601. The van der Waals surface area contributed by atoms with E-state index in [1.807, 2.05) is 19.9 Å². The molecule has 7 heteroatoms. The summed E-state index contributed by atoms with van der Waals surface area (Å²) in [6.45, 7) is 4.02. The Balaban J connectivity index is 2.17. The van der Waals surface area contributed by atoms with Crippen LogP contribution in [-0.4, -0.2) is 23.4 Å². The van der Waals surface area contributed by atoms with Crippen molar-refractivity contribution in [2.24, 2.45) is 13.0 Å². The zero-order valence-corrected chi connectivity index (χ0v) is 17.4. The minimum atomic E-state index is -0.647. The van der Waals surface area contributed by atoms with E-state index < -0.39 is 11.8 Å². The highest BCUT2D eigenvalue weighted by Gasteiger charge is 2.31. The molecule has 0 spiro atoms. The predicted octanol–water partition coefficient (Wildman–Crippen LogP) is 5.01. The van der Waals surface area contributed by atoms with Crippen molar-refractivity contribution in [2.45, 2.75) is 19.8 Å². The molecule has 1 aliphatic carbocycles. The van der Waals surface area contributed by atoms with E-state index in [9.17, 15) is 14.9 Å². The minimum Gasteiger partial charge on any atom is -0.465 e. The summed E-state index contributed by atoms with van der Waals surface area (Å²) in [5.41, 5.74) is 2.96. The van der Waals surface area contributed by atoms with E-state index in [0.29, 0.717) is 11.3 Å². The maximum atomic E-state index is 13.3. The topological polar surface area (TPSA) is 72.1 Å². The third-order valence-electron chi connectivity index (χ3n) is 5.42. The number of esters is 1. The number of fused-ring (bicyclic) bond motifs is 1. The summed E-state index contributed by atoms with van der Waals surface area (Å²) in [4.78, 5) is 25.2. The van der Waals surface area contributed by atoms with Crippen LogP contribution in [0, 0.1) is 17.2 Å². The van der Waals surface area contributed by atoms with Gasteiger partial charge in [0.05, 0.1) is 40.0 Å². The Hall–Kier alpha value is -2.55. The Kier molecular flexibility index (Phi) is 5.38. The largest absolute Gasteiger partial charge is 0.465 e. The van der Waals surface area contributed by atoms with Gasteiger partial charge >= 0.3 is 5.97 Å². The van der Waals surface area contributed by atoms with Crippen LogP contribution in [0.2, 0.25) is 10.0 Å². The number of allylic oxidation sites excluding steroid dienone is 1. The van der Waals surface area contributed by atoms with Crippen molar-refractivity contribution in [3.05, 3.63) is 61.9 Å². The van der Waals surface area contributed by atoms with Crippen molar-refractivity contribution < 1.29 is 14.3 Å². The van der Waals surface area contributed by atoms with Gasteiger partial charge in [0.1, 0.15) is 0 Å². The van der Waals surface area contributed by atoms with Crippen LogP contribution in [0.25, 0.3) is 6.08 Å². The molecule has 0 aliphatic heterocycles. The van der Waals surface area contributed by atoms with Crippen LogP contribution >= 0.6 is 23.2 Å². The van der Waals surface area contributed by atoms with Gasteiger partial charge in [-0.05, 0) is 41.7 Å². The lowest BCUT2D eigenvalue weighted by Crippen LogP contribution is -2.15. The minimum absolute atomic E-state index is 0.0433. The zero-order chi connectivity index (χ0) is 20.7. The number of benzene rings is 1. The van der Waals surface area contributed by atoms with Gasteiger partial charge < -0.3 is 9.30 Å². The molecule has 0 saturated heterocycles. The number of nitriles is 1. The van der Waals surface area contributed by atoms with E-state index in [2.05, 4.69) is 6.07 Å². The molecule has 0 bridgehead atoms. The van der Waals surface area contributed by atoms with E-state index in [-0.39, 0.29) is 33.0 Å². The molecule has 2 atom stereocenters. The van der Waals surface area contributed by atoms with Crippen LogP contribution in [0.3, 0.4) is 0 Å². The van der Waals surface area contributed by atoms with Crippen LogP contribution in [0.15, 0.2) is 23.8 Å². The van der Waals surface area contributed by atoms with Crippen molar-refractivity contribution in [2.75, 3.05) is 7.11 Å². The average molecular weight is 417 g/mol. The molecule has 0 N–H and O–H groups in total. The van der Waals surface area contributed by atoms with Gasteiger partial charge in [0.2, 0.25) is 5.78 Å². The average Bonchev–Trinajstić information content (AvgIpc) is 3.00. The van der Waals surface area contributed by atoms with Gasteiger partial charge in [0.25, 0.3) is 0 Å². The molecule has 1 heterocycles. The molecule has 1 aromatic heterocycles. The predicted molar refractivity (Wildman–Crippen MR) is 108 cm³/mol. The van der Waals surface area contributed by atoms with Crippen molar-refractivity contribution in [1.29, 1.82) is 5.26 Å². The highest BCUT2D eigenvalue weighted by atomic mass is 35.5. The van der Waals surface area contributed by atoms with Gasteiger partial charge in [-0.3, -0.25) is 4.79 Å². The van der Waals surface area contributed by atoms with E-state index >= 15 is 0 Å². The summed E-state index contributed by atoms with van der Waals surface area (Å²) in [5, 5.41) is 9.50. The maximum Gasteiger partial charge on any atom is 0.339 e. The number of carbonyl (C=O) groups excluding carboxylic acids is 2. The number of ketones is 1. The number of rotatable bonds is 3. The molecule has 1 aromatic carbocycles. The summed E-state index contributed by atoms with van der Waals surface area (Å²) in [6, 6.07) is 6.92. The second-order valence-corrected chi connectivity index (χ2v) is 7.61. The Bertz CT molecular complexity index is 1080. The molecule has 1 aliphatic rings. The monoisotopic (exact) mass is 416 g/mol. The number of halogens is 2. The standard InChI is InChI=1S/C21H18Cl2N2O3/c1-10-11(2)14-8-17(25(3)16(14)7-12(10)9-24)20(26)18-15(22)6-5-13(19(18)23)21(27)28-4/h5-8,10-11H,1-4H3. The first kappa shape index (κ1) is 20.2. The Morgan fingerprint density at radius 2 is 1.89 bits per heavy atom. The van der Waals surface area contributed by atoms with Crippen molar-refractivity contribution in [3.8, 4) is 6.07 Å². The number of nitrogens with zero attached hydrogens (tertiary/aromatic N) is 2. The molecular weight excluding hydrogens is 399 g/mol. The van der Waals surface area contributed by atoms with Gasteiger partial charge in [0, 0.05) is 18.3 Å². The Morgan fingerprint density at radius 1 is 1.21 bits per heavy atom. The first-order chi connectivity index (χ1) is 13.2. The van der Waals surface area contributed by atoms with Gasteiger partial charge in [-0.25, -0.2) is 4.79 Å². The molecule has 5 nitrogen and oxygen atoms in total. The van der Waals surface area contributed by atoms with Crippen molar-refractivity contribution >= 4 is 41.0 Å². The molecular formula is C21H18Cl2N2O3. The Labute approximate surface area is 173 Å². The van der Waals surface area contributed by atoms with Gasteiger partial charge in [0.15, 0.2) is 0 Å². The third-order valence-corrected chi connectivity index (χ3v) is 6.13. The lowest BCUT2D eigenvalue weighted by atomic mass is 9.79. The molecule has 2 unspecified atom stereocenters. The van der Waals surface area contributed by atoms with Crippen LogP contribution < -0.4 is 0 Å². The summed E-state index contributed by atoms with van der Waals surface area (Å²) < 4.78 is 6.45. The first-order valence-electron chi connectivity index (χ1n) is 8.65. The fourth-order valence-electron chi connectivity index (χ4n) is 3.51. The number of aromatic nitrogens is 1. The molecule has 0 fully saturated rings. The molecule has 144 valence electrons. The number of hydrogen-bond donors (Lipinski definition) is 0. The van der Waals surface area contributed by atoms with E-state index in [1.54, 1.807) is 17.7 Å². The second kappa shape index (κ2) is 7.46. The molecule has 28 heavy (non-hydrogen) atoms. The molecule has 0 radical (unpaired) electrons. The molecule has 3 rings (SSSR count). The van der Waals surface area contributed by atoms with Gasteiger partial charge in [-0.1, -0.05) is 37.0 Å². The van der Waals surface area contributed by atoms with Crippen LogP contribution in [0.4, 0.5) is 0 Å². The second-order valence-electron chi connectivity index (χ2n) is 6.82. The number of methoxy groups -OCH3 is 1. The van der Waals surface area contributed by atoms with Gasteiger partial charge in [-0.2, -0.15) is 5.26 Å². The van der Waals surface area contributed by atoms with Gasteiger partial charge in [-0.15, -0.1) is 0 Å². The Morgan fingerprint density at radius 3 is 2.50 bits per heavy atom. The SMILES string of the molecule is COC(=O)c1ccc(Cl)c(C(=O)c2cc3c(n2C)C=C(C#N)C(C)C3C)c1Cl. The van der Waals surface area contributed by atoms with E-state index in [4.69, 9.17) is 27.9 Å². The van der Waals surface area contributed by atoms with Crippen molar-refractivity contribution in [3.63, 3.8) is 0 Å².